The Bertz CT molecular complexity index is 1160. The van der Waals surface area contributed by atoms with Gasteiger partial charge in [-0.3, -0.25) is 0 Å². The molecule has 0 saturated heterocycles. The standard InChI is InChI=1S/C27H27NO3S/c1-30-25-13-5-7-16-27(25)32-26-15-6-3-10-21(26)17-28-18-22(29)19-31-24-14-8-11-20-9-2-4-12-23(20)24/h2-16,22,28-29H,17-19H2,1H3. The number of hydrogen-bond donors (Lipinski definition) is 2. The first-order chi connectivity index (χ1) is 15.7. The zero-order chi connectivity index (χ0) is 22.2. The molecule has 1 atom stereocenters. The van der Waals surface area contributed by atoms with E-state index in [2.05, 4.69) is 35.6 Å². The molecular formula is C27H27NO3S. The molecule has 0 aromatic heterocycles. The van der Waals surface area contributed by atoms with E-state index in [1.165, 1.54) is 5.56 Å². The minimum absolute atomic E-state index is 0.235. The van der Waals surface area contributed by atoms with Gasteiger partial charge in [0.15, 0.2) is 0 Å². The van der Waals surface area contributed by atoms with Crippen LogP contribution in [-0.2, 0) is 6.54 Å². The van der Waals surface area contributed by atoms with Crippen molar-refractivity contribution in [3.63, 3.8) is 0 Å². The summed E-state index contributed by atoms with van der Waals surface area (Å²) in [6.45, 7) is 1.33. The summed E-state index contributed by atoms with van der Waals surface area (Å²) in [7, 11) is 1.69. The quantitative estimate of drug-likeness (QED) is 0.336. The van der Waals surface area contributed by atoms with Crippen LogP contribution in [0.3, 0.4) is 0 Å². The molecule has 1 unspecified atom stereocenters. The van der Waals surface area contributed by atoms with E-state index in [0.717, 1.165) is 32.1 Å². The number of benzene rings is 4. The van der Waals surface area contributed by atoms with Crippen LogP contribution in [0.5, 0.6) is 11.5 Å². The first kappa shape index (κ1) is 22.2. The molecule has 0 amide bonds. The van der Waals surface area contributed by atoms with Gasteiger partial charge < -0.3 is 19.9 Å². The number of ether oxygens (including phenoxy) is 2. The predicted molar refractivity (Wildman–Crippen MR) is 131 cm³/mol. The van der Waals surface area contributed by atoms with Gasteiger partial charge in [-0.1, -0.05) is 78.5 Å². The van der Waals surface area contributed by atoms with Crippen LogP contribution < -0.4 is 14.8 Å². The predicted octanol–water partition coefficient (Wildman–Crippen LogP) is 5.53. The Balaban J connectivity index is 1.31. The number of hydrogen-bond acceptors (Lipinski definition) is 5. The second-order valence-corrected chi connectivity index (χ2v) is 8.52. The van der Waals surface area contributed by atoms with Crippen LogP contribution in [0.25, 0.3) is 10.8 Å². The van der Waals surface area contributed by atoms with Crippen molar-refractivity contribution in [1.29, 1.82) is 0 Å². The average Bonchev–Trinajstić information content (AvgIpc) is 2.84. The summed E-state index contributed by atoms with van der Waals surface area (Å²) in [6, 6.07) is 30.3. The third-order valence-electron chi connectivity index (χ3n) is 5.14. The Hall–Kier alpha value is -2.99. The lowest BCUT2D eigenvalue weighted by Gasteiger charge is -2.16. The van der Waals surface area contributed by atoms with E-state index in [4.69, 9.17) is 9.47 Å². The van der Waals surface area contributed by atoms with Crippen LogP contribution in [0.2, 0.25) is 0 Å². The third kappa shape index (κ3) is 5.62. The molecule has 4 nitrogen and oxygen atoms in total. The molecule has 2 N–H and O–H groups in total. The second-order valence-electron chi connectivity index (χ2n) is 7.43. The minimum atomic E-state index is -0.608. The lowest BCUT2D eigenvalue weighted by Crippen LogP contribution is -2.31. The van der Waals surface area contributed by atoms with Crippen LogP contribution in [0.15, 0.2) is 101 Å². The highest BCUT2D eigenvalue weighted by Crippen LogP contribution is 2.36. The van der Waals surface area contributed by atoms with Gasteiger partial charge in [0, 0.05) is 23.4 Å². The Morgan fingerprint density at radius 2 is 1.50 bits per heavy atom. The van der Waals surface area contributed by atoms with Crippen LogP contribution in [0.1, 0.15) is 5.56 Å². The molecule has 32 heavy (non-hydrogen) atoms. The van der Waals surface area contributed by atoms with E-state index in [9.17, 15) is 5.11 Å². The topological polar surface area (TPSA) is 50.7 Å². The molecule has 5 heteroatoms. The number of methoxy groups -OCH3 is 1. The van der Waals surface area contributed by atoms with Crippen molar-refractivity contribution in [1.82, 2.24) is 5.32 Å². The zero-order valence-electron chi connectivity index (χ0n) is 18.0. The number of fused-ring (bicyclic) bond motifs is 1. The first-order valence-corrected chi connectivity index (χ1v) is 11.4. The summed E-state index contributed by atoms with van der Waals surface area (Å²) in [5.41, 5.74) is 1.17. The monoisotopic (exact) mass is 445 g/mol. The van der Waals surface area contributed by atoms with Gasteiger partial charge in [-0.25, -0.2) is 0 Å². The largest absolute Gasteiger partial charge is 0.496 e. The van der Waals surface area contributed by atoms with Crippen molar-refractivity contribution in [3.8, 4) is 11.5 Å². The molecule has 164 valence electrons. The lowest BCUT2D eigenvalue weighted by molar-refractivity contribution is 0.107. The van der Waals surface area contributed by atoms with Crippen molar-refractivity contribution in [3.05, 3.63) is 96.6 Å². The van der Waals surface area contributed by atoms with Gasteiger partial charge in [-0.2, -0.15) is 0 Å². The molecule has 0 spiro atoms. The minimum Gasteiger partial charge on any atom is -0.496 e. The van der Waals surface area contributed by atoms with Gasteiger partial charge in [0.1, 0.15) is 24.2 Å². The van der Waals surface area contributed by atoms with Crippen molar-refractivity contribution in [2.24, 2.45) is 0 Å². The summed E-state index contributed by atoms with van der Waals surface area (Å²) >= 11 is 1.68. The fourth-order valence-electron chi connectivity index (χ4n) is 3.51. The first-order valence-electron chi connectivity index (χ1n) is 10.6. The Labute approximate surface area is 193 Å². The van der Waals surface area contributed by atoms with E-state index >= 15 is 0 Å². The summed E-state index contributed by atoms with van der Waals surface area (Å²) in [5.74, 6) is 1.65. The Kier molecular flexibility index (Phi) is 7.67. The fraction of sp³-hybridized carbons (Fsp3) is 0.185. The maximum Gasteiger partial charge on any atom is 0.132 e. The molecule has 0 fully saturated rings. The lowest BCUT2D eigenvalue weighted by atomic mass is 10.1. The second kappa shape index (κ2) is 11.0. The molecule has 0 aliphatic carbocycles. The zero-order valence-corrected chi connectivity index (χ0v) is 18.8. The maximum absolute atomic E-state index is 10.4. The third-order valence-corrected chi connectivity index (χ3v) is 6.31. The number of nitrogens with one attached hydrogen (secondary N) is 1. The molecule has 4 aromatic carbocycles. The van der Waals surface area contributed by atoms with E-state index < -0.39 is 6.10 Å². The smallest absolute Gasteiger partial charge is 0.132 e. The van der Waals surface area contributed by atoms with Gasteiger partial charge in [0.25, 0.3) is 0 Å². The van der Waals surface area contributed by atoms with Crippen LogP contribution in [-0.4, -0.2) is 31.5 Å². The molecular weight excluding hydrogens is 418 g/mol. The normalized spacial score (nSPS) is 11.9. The maximum atomic E-state index is 10.4. The molecule has 0 bridgehead atoms. The number of rotatable bonds is 10. The van der Waals surface area contributed by atoms with E-state index in [1.54, 1.807) is 18.9 Å². The van der Waals surface area contributed by atoms with Crippen molar-refractivity contribution in [2.75, 3.05) is 20.3 Å². The highest BCUT2D eigenvalue weighted by Gasteiger charge is 2.10. The molecule has 0 saturated carbocycles. The van der Waals surface area contributed by atoms with E-state index in [1.807, 2.05) is 60.7 Å². The van der Waals surface area contributed by atoms with E-state index in [-0.39, 0.29) is 6.61 Å². The Morgan fingerprint density at radius 3 is 2.38 bits per heavy atom. The van der Waals surface area contributed by atoms with Gasteiger partial charge in [0.05, 0.1) is 12.0 Å². The number of aliphatic hydroxyl groups excluding tert-OH is 1. The Morgan fingerprint density at radius 1 is 0.812 bits per heavy atom. The van der Waals surface area contributed by atoms with Crippen LogP contribution in [0, 0.1) is 0 Å². The van der Waals surface area contributed by atoms with Crippen LogP contribution in [0.4, 0.5) is 0 Å². The van der Waals surface area contributed by atoms with Crippen molar-refractivity contribution in [2.45, 2.75) is 22.4 Å². The highest BCUT2D eigenvalue weighted by atomic mass is 32.2. The molecule has 0 aliphatic rings. The van der Waals surface area contributed by atoms with E-state index in [0.29, 0.717) is 13.1 Å². The SMILES string of the molecule is COc1ccccc1Sc1ccccc1CNCC(O)COc1cccc2ccccc12. The summed E-state index contributed by atoms with van der Waals surface area (Å²) < 4.78 is 11.4. The van der Waals surface area contributed by atoms with Crippen molar-refractivity contribution >= 4 is 22.5 Å². The van der Waals surface area contributed by atoms with Gasteiger partial charge in [-0.05, 0) is 35.2 Å². The molecule has 4 aromatic rings. The number of aliphatic hydroxyl groups is 1. The summed E-state index contributed by atoms with van der Waals surface area (Å²) in [5, 5.41) is 16.0. The van der Waals surface area contributed by atoms with Crippen LogP contribution >= 0.6 is 11.8 Å². The van der Waals surface area contributed by atoms with Crippen molar-refractivity contribution < 1.29 is 14.6 Å². The molecule has 0 heterocycles. The summed E-state index contributed by atoms with van der Waals surface area (Å²) in [4.78, 5) is 2.23. The molecule has 4 rings (SSSR count). The average molecular weight is 446 g/mol. The van der Waals surface area contributed by atoms with Gasteiger partial charge in [0.2, 0.25) is 0 Å². The van der Waals surface area contributed by atoms with Gasteiger partial charge >= 0.3 is 0 Å². The fourth-order valence-corrected chi connectivity index (χ4v) is 4.56. The molecule has 0 radical (unpaired) electrons. The summed E-state index contributed by atoms with van der Waals surface area (Å²) in [6.07, 6.45) is -0.608. The highest BCUT2D eigenvalue weighted by molar-refractivity contribution is 7.99. The number of para-hydroxylation sites is 1. The van der Waals surface area contributed by atoms with Gasteiger partial charge in [-0.15, -0.1) is 0 Å². The molecule has 0 aliphatic heterocycles.